The van der Waals surface area contributed by atoms with E-state index in [4.69, 9.17) is 0 Å². The maximum atomic E-state index is 4.43. The van der Waals surface area contributed by atoms with Gasteiger partial charge in [-0.05, 0) is 30.2 Å². The lowest BCUT2D eigenvalue weighted by molar-refractivity contribution is 1.09. The van der Waals surface area contributed by atoms with Crippen LogP contribution in [-0.2, 0) is 0 Å². The van der Waals surface area contributed by atoms with Crippen molar-refractivity contribution in [3.8, 4) is 0 Å². The minimum absolute atomic E-state index is 0.985. The van der Waals surface area contributed by atoms with Gasteiger partial charge in [0, 0.05) is 4.90 Å². The van der Waals surface area contributed by atoms with E-state index in [1.807, 2.05) is 18.0 Å². The number of aromatic nitrogens is 2. The van der Waals surface area contributed by atoms with Gasteiger partial charge in [-0.1, -0.05) is 18.7 Å². The van der Waals surface area contributed by atoms with Crippen molar-refractivity contribution in [2.24, 2.45) is 0 Å². The number of thioether (sulfide) groups is 2. The van der Waals surface area contributed by atoms with Crippen LogP contribution in [0.25, 0.3) is 11.0 Å². The van der Waals surface area contributed by atoms with E-state index in [2.05, 4.69) is 35.1 Å². The summed E-state index contributed by atoms with van der Waals surface area (Å²) in [7, 11) is 0. The van der Waals surface area contributed by atoms with Crippen LogP contribution < -0.4 is 0 Å². The molecule has 0 unspecified atom stereocenters. The van der Waals surface area contributed by atoms with Crippen molar-refractivity contribution in [1.29, 1.82) is 0 Å². The highest BCUT2D eigenvalue weighted by Gasteiger charge is 2.02. The zero-order valence-corrected chi connectivity index (χ0v) is 9.84. The molecule has 74 valence electrons. The number of hydrogen-bond acceptors (Lipinski definition) is 3. The molecule has 1 heterocycles. The second-order valence-corrected chi connectivity index (χ2v) is 4.99. The molecule has 0 aliphatic heterocycles. The van der Waals surface area contributed by atoms with Gasteiger partial charge in [-0.2, -0.15) is 0 Å². The van der Waals surface area contributed by atoms with Crippen LogP contribution in [0.5, 0.6) is 0 Å². The number of hydrogen-bond donors (Lipinski definition) is 1. The quantitative estimate of drug-likeness (QED) is 0.810. The SMILES string of the molecule is CCSc1ccc2nc(SC)[nH]c2c1. The molecule has 1 aromatic carbocycles. The zero-order valence-electron chi connectivity index (χ0n) is 8.20. The van der Waals surface area contributed by atoms with Crippen molar-refractivity contribution in [1.82, 2.24) is 9.97 Å². The summed E-state index contributed by atoms with van der Waals surface area (Å²) in [5.41, 5.74) is 2.18. The summed E-state index contributed by atoms with van der Waals surface area (Å²) in [4.78, 5) is 9.02. The Morgan fingerprint density at radius 2 is 2.29 bits per heavy atom. The van der Waals surface area contributed by atoms with Crippen LogP contribution in [0.3, 0.4) is 0 Å². The topological polar surface area (TPSA) is 28.7 Å². The Kier molecular flexibility index (Phi) is 3.03. The van der Waals surface area contributed by atoms with Gasteiger partial charge in [0.05, 0.1) is 11.0 Å². The fourth-order valence-corrected chi connectivity index (χ4v) is 2.42. The fraction of sp³-hybridized carbons (Fsp3) is 0.300. The molecule has 0 atom stereocenters. The molecule has 2 aromatic rings. The maximum Gasteiger partial charge on any atom is 0.166 e. The number of benzene rings is 1. The lowest BCUT2D eigenvalue weighted by Crippen LogP contribution is -1.73. The number of H-pyrrole nitrogens is 1. The second kappa shape index (κ2) is 4.28. The van der Waals surface area contributed by atoms with E-state index in [1.54, 1.807) is 11.8 Å². The predicted octanol–water partition coefficient (Wildman–Crippen LogP) is 3.40. The van der Waals surface area contributed by atoms with Gasteiger partial charge < -0.3 is 4.98 Å². The van der Waals surface area contributed by atoms with Crippen LogP contribution in [-0.4, -0.2) is 22.0 Å². The largest absolute Gasteiger partial charge is 0.333 e. The summed E-state index contributed by atoms with van der Waals surface area (Å²) in [5.74, 6) is 1.11. The highest BCUT2D eigenvalue weighted by molar-refractivity contribution is 7.99. The van der Waals surface area contributed by atoms with E-state index in [0.29, 0.717) is 0 Å². The van der Waals surface area contributed by atoms with Crippen molar-refractivity contribution < 1.29 is 0 Å². The highest BCUT2D eigenvalue weighted by atomic mass is 32.2. The summed E-state index contributed by atoms with van der Waals surface area (Å²) in [6, 6.07) is 6.36. The fourth-order valence-electron chi connectivity index (χ4n) is 1.32. The highest BCUT2D eigenvalue weighted by Crippen LogP contribution is 2.23. The van der Waals surface area contributed by atoms with Gasteiger partial charge in [0.1, 0.15) is 0 Å². The first-order chi connectivity index (χ1) is 6.83. The molecule has 0 radical (unpaired) electrons. The number of nitrogens with zero attached hydrogens (tertiary/aromatic N) is 1. The van der Waals surface area contributed by atoms with E-state index < -0.39 is 0 Å². The Labute approximate surface area is 91.9 Å². The van der Waals surface area contributed by atoms with E-state index in [1.165, 1.54) is 4.90 Å². The Hall–Kier alpha value is -0.610. The molecule has 0 amide bonds. The first-order valence-corrected chi connectivity index (χ1v) is 6.71. The van der Waals surface area contributed by atoms with Crippen molar-refractivity contribution in [2.45, 2.75) is 17.0 Å². The molecule has 14 heavy (non-hydrogen) atoms. The first-order valence-electron chi connectivity index (χ1n) is 4.50. The van der Waals surface area contributed by atoms with Gasteiger partial charge in [0.25, 0.3) is 0 Å². The third kappa shape index (κ3) is 1.91. The van der Waals surface area contributed by atoms with Gasteiger partial charge >= 0.3 is 0 Å². The number of nitrogens with one attached hydrogen (secondary N) is 1. The molecule has 0 saturated heterocycles. The third-order valence-electron chi connectivity index (χ3n) is 1.94. The average Bonchev–Trinajstić information content (AvgIpc) is 2.60. The van der Waals surface area contributed by atoms with Crippen LogP contribution in [0.2, 0.25) is 0 Å². The van der Waals surface area contributed by atoms with Gasteiger partial charge in [-0.3, -0.25) is 0 Å². The van der Waals surface area contributed by atoms with Gasteiger partial charge in [-0.25, -0.2) is 4.98 Å². The lowest BCUT2D eigenvalue weighted by atomic mass is 10.3. The number of imidazole rings is 1. The smallest absolute Gasteiger partial charge is 0.166 e. The van der Waals surface area contributed by atoms with Crippen molar-refractivity contribution in [2.75, 3.05) is 12.0 Å². The molecule has 0 bridgehead atoms. The molecule has 0 spiro atoms. The van der Waals surface area contributed by atoms with Crippen molar-refractivity contribution in [3.63, 3.8) is 0 Å². The summed E-state index contributed by atoms with van der Waals surface area (Å²) >= 11 is 3.49. The van der Waals surface area contributed by atoms with E-state index >= 15 is 0 Å². The Morgan fingerprint density at radius 1 is 1.43 bits per heavy atom. The van der Waals surface area contributed by atoms with Crippen LogP contribution >= 0.6 is 23.5 Å². The molecule has 1 aromatic heterocycles. The Bertz CT molecular complexity index is 437. The molecular formula is C10H12N2S2. The van der Waals surface area contributed by atoms with Crippen molar-refractivity contribution in [3.05, 3.63) is 18.2 Å². The molecule has 0 fully saturated rings. The number of aromatic amines is 1. The summed E-state index contributed by atoms with van der Waals surface area (Å²) in [6.45, 7) is 2.16. The predicted molar refractivity (Wildman–Crippen MR) is 64.3 cm³/mol. The third-order valence-corrected chi connectivity index (χ3v) is 3.39. The molecule has 0 aliphatic carbocycles. The minimum Gasteiger partial charge on any atom is -0.333 e. The normalized spacial score (nSPS) is 11.0. The average molecular weight is 224 g/mol. The zero-order chi connectivity index (χ0) is 9.97. The number of rotatable bonds is 3. The monoisotopic (exact) mass is 224 g/mol. The second-order valence-electron chi connectivity index (χ2n) is 2.86. The lowest BCUT2D eigenvalue weighted by Gasteiger charge is -1.96. The van der Waals surface area contributed by atoms with Gasteiger partial charge in [-0.15, -0.1) is 11.8 Å². The molecule has 2 rings (SSSR count). The van der Waals surface area contributed by atoms with Crippen LogP contribution in [0, 0.1) is 0 Å². The van der Waals surface area contributed by atoms with E-state index in [0.717, 1.165) is 21.9 Å². The molecule has 2 nitrogen and oxygen atoms in total. The Balaban J connectivity index is 2.43. The van der Waals surface area contributed by atoms with Gasteiger partial charge in [0.15, 0.2) is 5.16 Å². The standard InChI is InChI=1S/C10H12N2S2/c1-3-14-7-4-5-8-9(6-7)12-10(11-8)13-2/h4-6H,3H2,1-2H3,(H,11,12). The number of fused-ring (bicyclic) bond motifs is 1. The van der Waals surface area contributed by atoms with Crippen LogP contribution in [0.15, 0.2) is 28.3 Å². The van der Waals surface area contributed by atoms with Crippen LogP contribution in [0.4, 0.5) is 0 Å². The summed E-state index contributed by atoms with van der Waals surface area (Å²) < 4.78 is 0. The molecule has 0 saturated carbocycles. The molecule has 0 aliphatic rings. The van der Waals surface area contributed by atoms with Crippen LogP contribution in [0.1, 0.15) is 6.92 Å². The van der Waals surface area contributed by atoms with Gasteiger partial charge in [0.2, 0.25) is 0 Å². The summed E-state index contributed by atoms with van der Waals surface area (Å²) in [5, 5.41) is 0.985. The van der Waals surface area contributed by atoms with Crippen molar-refractivity contribution >= 4 is 34.6 Å². The summed E-state index contributed by atoms with van der Waals surface area (Å²) in [6.07, 6.45) is 2.03. The molecule has 4 heteroatoms. The van der Waals surface area contributed by atoms with E-state index in [9.17, 15) is 0 Å². The molecular weight excluding hydrogens is 212 g/mol. The Morgan fingerprint density at radius 3 is 3.00 bits per heavy atom. The first kappa shape index (κ1) is 9.93. The maximum absolute atomic E-state index is 4.43. The van der Waals surface area contributed by atoms with E-state index in [-0.39, 0.29) is 0 Å². The molecule has 1 N–H and O–H groups in total. The minimum atomic E-state index is 0.985.